The molecule has 0 radical (unpaired) electrons. The maximum atomic E-state index is 13.2. The highest BCUT2D eigenvalue weighted by molar-refractivity contribution is 5.94. The number of piperidine rings is 1. The maximum absolute atomic E-state index is 13.2. The Balaban J connectivity index is 1.51. The van der Waals surface area contributed by atoms with Gasteiger partial charge < -0.3 is 10.2 Å². The van der Waals surface area contributed by atoms with Crippen LogP contribution in [0.4, 0.5) is 0 Å². The van der Waals surface area contributed by atoms with Gasteiger partial charge in [-0.25, -0.2) is 0 Å². The molecule has 2 aromatic rings. The van der Waals surface area contributed by atoms with Crippen molar-refractivity contribution in [3.8, 4) is 0 Å². The lowest BCUT2D eigenvalue weighted by Gasteiger charge is -2.27. The van der Waals surface area contributed by atoms with E-state index in [1.807, 2.05) is 17.2 Å². The SMILES string of the molecule is CCCn1nc(C(=O)N2CCCCC2)c2c1CC[C@H](NCc1cccnc1)C2. The lowest BCUT2D eigenvalue weighted by Crippen LogP contribution is -2.38. The molecular weight excluding hydrogens is 350 g/mol. The lowest BCUT2D eigenvalue weighted by atomic mass is 9.90. The molecule has 4 rings (SSSR count). The number of carbonyl (C=O) groups is 1. The summed E-state index contributed by atoms with van der Waals surface area (Å²) in [6.45, 7) is 5.62. The zero-order chi connectivity index (χ0) is 19.3. The Labute approximate surface area is 167 Å². The van der Waals surface area contributed by atoms with Crippen LogP contribution in [-0.4, -0.2) is 44.7 Å². The van der Waals surface area contributed by atoms with Crippen LogP contribution in [0.5, 0.6) is 0 Å². The minimum atomic E-state index is 0.138. The summed E-state index contributed by atoms with van der Waals surface area (Å²) in [6.07, 6.45) is 11.1. The van der Waals surface area contributed by atoms with Crippen LogP contribution < -0.4 is 5.32 Å². The first-order valence-electron chi connectivity index (χ1n) is 10.8. The molecule has 1 N–H and O–H groups in total. The van der Waals surface area contributed by atoms with Crippen molar-refractivity contribution in [2.24, 2.45) is 0 Å². The van der Waals surface area contributed by atoms with Crippen molar-refractivity contribution in [3.63, 3.8) is 0 Å². The highest BCUT2D eigenvalue weighted by atomic mass is 16.2. The van der Waals surface area contributed by atoms with Gasteiger partial charge in [-0.05, 0) is 56.6 Å². The molecule has 0 spiro atoms. The normalized spacial score (nSPS) is 19.5. The van der Waals surface area contributed by atoms with E-state index in [0.717, 1.165) is 64.7 Å². The van der Waals surface area contributed by atoms with Crippen LogP contribution in [0.25, 0.3) is 0 Å². The number of amides is 1. The van der Waals surface area contributed by atoms with Crippen molar-refractivity contribution >= 4 is 5.91 Å². The zero-order valence-corrected chi connectivity index (χ0v) is 16.9. The molecular formula is C22H31N5O. The van der Waals surface area contributed by atoms with Crippen molar-refractivity contribution in [2.45, 2.75) is 71.0 Å². The fourth-order valence-electron chi connectivity index (χ4n) is 4.44. The third-order valence-corrected chi connectivity index (χ3v) is 5.95. The first-order chi connectivity index (χ1) is 13.8. The van der Waals surface area contributed by atoms with E-state index in [1.165, 1.54) is 23.2 Å². The molecule has 0 saturated carbocycles. The van der Waals surface area contributed by atoms with E-state index in [1.54, 1.807) is 6.20 Å². The number of aryl methyl sites for hydroxylation is 1. The van der Waals surface area contributed by atoms with E-state index < -0.39 is 0 Å². The molecule has 1 saturated heterocycles. The number of hydrogen-bond donors (Lipinski definition) is 1. The number of nitrogens with zero attached hydrogens (tertiary/aromatic N) is 4. The van der Waals surface area contributed by atoms with Gasteiger partial charge in [-0.3, -0.25) is 14.5 Å². The fraction of sp³-hybridized carbons (Fsp3) is 0.591. The molecule has 1 fully saturated rings. The van der Waals surface area contributed by atoms with Crippen LogP contribution in [-0.2, 0) is 25.9 Å². The smallest absolute Gasteiger partial charge is 0.274 e. The molecule has 0 bridgehead atoms. The van der Waals surface area contributed by atoms with Crippen molar-refractivity contribution < 1.29 is 4.79 Å². The summed E-state index contributed by atoms with van der Waals surface area (Å²) in [5.74, 6) is 0.138. The van der Waals surface area contributed by atoms with Crippen molar-refractivity contribution in [3.05, 3.63) is 47.0 Å². The predicted octanol–water partition coefficient (Wildman–Crippen LogP) is 2.96. The van der Waals surface area contributed by atoms with Crippen LogP contribution in [0, 0.1) is 0 Å². The third kappa shape index (κ3) is 4.12. The minimum absolute atomic E-state index is 0.138. The Bertz CT molecular complexity index is 795. The summed E-state index contributed by atoms with van der Waals surface area (Å²) >= 11 is 0. The number of aromatic nitrogens is 3. The quantitative estimate of drug-likeness (QED) is 0.836. The van der Waals surface area contributed by atoms with Crippen LogP contribution in [0.3, 0.4) is 0 Å². The second kappa shape index (κ2) is 8.86. The molecule has 2 aliphatic rings. The van der Waals surface area contributed by atoms with Gasteiger partial charge in [0.15, 0.2) is 5.69 Å². The molecule has 2 aromatic heterocycles. The monoisotopic (exact) mass is 381 g/mol. The number of pyridine rings is 1. The molecule has 0 aromatic carbocycles. The first-order valence-corrected chi connectivity index (χ1v) is 10.8. The topological polar surface area (TPSA) is 63.1 Å². The number of hydrogen-bond acceptors (Lipinski definition) is 4. The highest BCUT2D eigenvalue weighted by Crippen LogP contribution is 2.27. The zero-order valence-electron chi connectivity index (χ0n) is 16.9. The van der Waals surface area contributed by atoms with E-state index in [-0.39, 0.29) is 5.91 Å². The molecule has 1 atom stereocenters. The molecule has 1 aliphatic heterocycles. The van der Waals surface area contributed by atoms with E-state index >= 15 is 0 Å². The maximum Gasteiger partial charge on any atom is 0.274 e. The number of nitrogens with one attached hydrogen (secondary N) is 1. The third-order valence-electron chi connectivity index (χ3n) is 5.95. The van der Waals surface area contributed by atoms with Crippen molar-refractivity contribution in [2.75, 3.05) is 13.1 Å². The van der Waals surface area contributed by atoms with E-state index in [2.05, 4.69) is 28.0 Å². The number of rotatable bonds is 6. The Hall–Kier alpha value is -2.21. The Kier molecular flexibility index (Phi) is 6.05. The average Bonchev–Trinajstić information content (AvgIpc) is 3.11. The van der Waals surface area contributed by atoms with Crippen LogP contribution in [0.1, 0.15) is 66.3 Å². The second-order valence-corrected chi connectivity index (χ2v) is 8.03. The Morgan fingerprint density at radius 2 is 2.14 bits per heavy atom. The summed E-state index contributed by atoms with van der Waals surface area (Å²) in [7, 11) is 0. The Morgan fingerprint density at radius 1 is 1.29 bits per heavy atom. The van der Waals surface area contributed by atoms with Crippen LogP contribution in [0.15, 0.2) is 24.5 Å². The first kappa shape index (κ1) is 19.1. The molecule has 28 heavy (non-hydrogen) atoms. The van der Waals surface area contributed by atoms with Crippen molar-refractivity contribution in [1.82, 2.24) is 25.0 Å². The molecule has 0 unspecified atom stereocenters. The number of likely N-dealkylation sites (tertiary alicyclic amines) is 1. The second-order valence-electron chi connectivity index (χ2n) is 8.03. The summed E-state index contributed by atoms with van der Waals surface area (Å²) < 4.78 is 2.10. The minimum Gasteiger partial charge on any atom is -0.337 e. The largest absolute Gasteiger partial charge is 0.337 e. The van der Waals surface area contributed by atoms with Gasteiger partial charge >= 0.3 is 0 Å². The number of fused-ring (bicyclic) bond motifs is 1. The lowest BCUT2D eigenvalue weighted by molar-refractivity contribution is 0.0716. The molecule has 1 amide bonds. The molecule has 3 heterocycles. The van der Waals surface area contributed by atoms with Gasteiger partial charge in [-0.2, -0.15) is 5.10 Å². The van der Waals surface area contributed by atoms with Crippen molar-refractivity contribution in [1.29, 1.82) is 0 Å². The highest BCUT2D eigenvalue weighted by Gasteiger charge is 2.31. The van der Waals surface area contributed by atoms with Gasteiger partial charge in [0.1, 0.15) is 0 Å². The average molecular weight is 382 g/mol. The van der Waals surface area contributed by atoms with E-state index in [9.17, 15) is 4.79 Å². The van der Waals surface area contributed by atoms with Crippen LogP contribution >= 0.6 is 0 Å². The Morgan fingerprint density at radius 3 is 2.89 bits per heavy atom. The summed E-state index contributed by atoms with van der Waals surface area (Å²) in [6, 6.07) is 4.44. The van der Waals surface area contributed by atoms with E-state index in [4.69, 9.17) is 5.10 Å². The summed E-state index contributed by atoms with van der Waals surface area (Å²) in [5.41, 5.74) is 4.36. The van der Waals surface area contributed by atoms with Gasteiger partial charge in [0.2, 0.25) is 0 Å². The molecule has 150 valence electrons. The van der Waals surface area contributed by atoms with Gasteiger partial charge in [-0.15, -0.1) is 0 Å². The fourth-order valence-corrected chi connectivity index (χ4v) is 4.44. The van der Waals surface area contributed by atoms with Gasteiger partial charge in [0.25, 0.3) is 5.91 Å². The van der Waals surface area contributed by atoms with Crippen LogP contribution in [0.2, 0.25) is 0 Å². The standard InChI is InChI=1S/C22H31N5O/c1-2-11-27-20-9-8-18(24-16-17-7-6-10-23-15-17)14-19(20)21(25-27)22(28)26-12-4-3-5-13-26/h6-7,10,15,18,24H,2-5,8-9,11-14,16H2,1H3/t18-/m0/s1. The molecule has 6 heteroatoms. The van der Waals surface area contributed by atoms with E-state index in [0.29, 0.717) is 11.7 Å². The van der Waals surface area contributed by atoms with Gasteiger partial charge in [0, 0.05) is 55.9 Å². The summed E-state index contributed by atoms with van der Waals surface area (Å²) in [5, 5.41) is 8.46. The predicted molar refractivity (Wildman–Crippen MR) is 109 cm³/mol. The molecule has 1 aliphatic carbocycles. The van der Waals surface area contributed by atoms with Gasteiger partial charge in [-0.1, -0.05) is 13.0 Å². The summed E-state index contributed by atoms with van der Waals surface area (Å²) in [4.78, 5) is 19.4. The van der Waals surface area contributed by atoms with Gasteiger partial charge in [0.05, 0.1) is 0 Å². The molecule has 6 nitrogen and oxygen atoms in total. The number of carbonyl (C=O) groups excluding carboxylic acids is 1.